The van der Waals surface area contributed by atoms with Crippen LogP contribution in [0.1, 0.15) is 25.8 Å². The standard InChI is InChI=1S/C13H20BrClN2/c1-10(2)17-7-3-6-16-9-11-4-5-12(14)13(15)8-11/h4-5,8,10,16-17H,3,6-7,9H2,1-2H3. The summed E-state index contributed by atoms with van der Waals surface area (Å²) in [5.74, 6) is 0. The van der Waals surface area contributed by atoms with Crippen LogP contribution in [0.2, 0.25) is 5.02 Å². The van der Waals surface area contributed by atoms with E-state index < -0.39 is 0 Å². The zero-order valence-electron chi connectivity index (χ0n) is 10.4. The third kappa shape index (κ3) is 6.41. The second kappa shape index (κ2) is 8.09. The van der Waals surface area contributed by atoms with Crippen LogP contribution in [0.15, 0.2) is 22.7 Å². The van der Waals surface area contributed by atoms with Crippen LogP contribution >= 0.6 is 27.5 Å². The van der Waals surface area contributed by atoms with Crippen molar-refractivity contribution in [1.82, 2.24) is 10.6 Å². The molecule has 17 heavy (non-hydrogen) atoms. The van der Waals surface area contributed by atoms with Crippen LogP contribution in [0.5, 0.6) is 0 Å². The van der Waals surface area contributed by atoms with Crippen LogP contribution in [-0.2, 0) is 6.54 Å². The Morgan fingerprint density at radius 3 is 2.71 bits per heavy atom. The fraction of sp³-hybridized carbons (Fsp3) is 0.538. The summed E-state index contributed by atoms with van der Waals surface area (Å²) in [7, 11) is 0. The van der Waals surface area contributed by atoms with Gasteiger partial charge in [0.15, 0.2) is 0 Å². The van der Waals surface area contributed by atoms with E-state index in [1.54, 1.807) is 0 Å². The van der Waals surface area contributed by atoms with Crippen molar-refractivity contribution in [1.29, 1.82) is 0 Å². The predicted octanol–water partition coefficient (Wildman–Crippen LogP) is 3.58. The van der Waals surface area contributed by atoms with Gasteiger partial charge in [-0.2, -0.15) is 0 Å². The van der Waals surface area contributed by atoms with Gasteiger partial charge in [0.1, 0.15) is 0 Å². The first-order valence-corrected chi connectivity index (χ1v) is 7.14. The predicted molar refractivity (Wildman–Crippen MR) is 78.6 cm³/mol. The van der Waals surface area contributed by atoms with Gasteiger partial charge in [0.25, 0.3) is 0 Å². The Balaban J connectivity index is 2.16. The smallest absolute Gasteiger partial charge is 0.0551 e. The fourth-order valence-electron chi connectivity index (χ4n) is 1.49. The summed E-state index contributed by atoms with van der Waals surface area (Å²) in [6.45, 7) is 7.28. The number of nitrogens with one attached hydrogen (secondary N) is 2. The molecule has 1 rings (SSSR count). The summed E-state index contributed by atoms with van der Waals surface area (Å²) in [6.07, 6.45) is 1.14. The number of rotatable bonds is 7. The molecule has 2 nitrogen and oxygen atoms in total. The van der Waals surface area contributed by atoms with Gasteiger partial charge in [0.05, 0.1) is 5.02 Å². The zero-order valence-corrected chi connectivity index (χ0v) is 12.7. The summed E-state index contributed by atoms with van der Waals surface area (Å²) in [5.41, 5.74) is 1.22. The van der Waals surface area contributed by atoms with Crippen LogP contribution in [0, 0.1) is 0 Å². The molecule has 0 aromatic heterocycles. The van der Waals surface area contributed by atoms with E-state index in [4.69, 9.17) is 11.6 Å². The van der Waals surface area contributed by atoms with Crippen LogP contribution < -0.4 is 10.6 Å². The highest BCUT2D eigenvalue weighted by molar-refractivity contribution is 9.10. The van der Waals surface area contributed by atoms with Crippen LogP contribution in [0.25, 0.3) is 0 Å². The van der Waals surface area contributed by atoms with Crippen molar-refractivity contribution in [3.8, 4) is 0 Å². The van der Waals surface area contributed by atoms with Crippen LogP contribution in [-0.4, -0.2) is 19.1 Å². The van der Waals surface area contributed by atoms with Gasteiger partial charge in [0.2, 0.25) is 0 Å². The third-order valence-electron chi connectivity index (χ3n) is 2.40. The lowest BCUT2D eigenvalue weighted by molar-refractivity contribution is 0.547. The van der Waals surface area contributed by atoms with E-state index in [1.165, 1.54) is 5.56 Å². The van der Waals surface area contributed by atoms with E-state index in [9.17, 15) is 0 Å². The summed E-state index contributed by atoms with van der Waals surface area (Å²) in [5, 5.41) is 7.57. The second-order valence-corrected chi connectivity index (χ2v) is 5.65. The number of halogens is 2. The van der Waals surface area contributed by atoms with Gasteiger partial charge in [-0.1, -0.05) is 31.5 Å². The van der Waals surface area contributed by atoms with Gasteiger partial charge in [-0.25, -0.2) is 0 Å². The van der Waals surface area contributed by atoms with E-state index in [1.807, 2.05) is 12.1 Å². The molecule has 0 unspecified atom stereocenters. The average Bonchev–Trinajstić information content (AvgIpc) is 2.27. The Labute approximate surface area is 117 Å². The molecule has 0 saturated carbocycles. The molecule has 0 heterocycles. The molecule has 0 bridgehead atoms. The maximum absolute atomic E-state index is 6.03. The SMILES string of the molecule is CC(C)NCCCNCc1ccc(Br)c(Cl)c1. The Hall–Kier alpha value is -0.0900. The zero-order chi connectivity index (χ0) is 12.7. The highest BCUT2D eigenvalue weighted by Gasteiger charge is 1.98. The maximum Gasteiger partial charge on any atom is 0.0551 e. The lowest BCUT2D eigenvalue weighted by atomic mass is 10.2. The topological polar surface area (TPSA) is 24.1 Å². The van der Waals surface area contributed by atoms with E-state index in [-0.39, 0.29) is 0 Å². The molecule has 0 aliphatic rings. The van der Waals surface area contributed by atoms with Gasteiger partial charge >= 0.3 is 0 Å². The highest BCUT2D eigenvalue weighted by atomic mass is 79.9. The normalized spacial score (nSPS) is 11.1. The van der Waals surface area contributed by atoms with Gasteiger partial charge in [-0.3, -0.25) is 0 Å². The fourth-order valence-corrected chi connectivity index (χ4v) is 1.94. The molecule has 0 radical (unpaired) electrons. The maximum atomic E-state index is 6.03. The molecule has 0 saturated heterocycles. The first-order chi connectivity index (χ1) is 8.09. The lowest BCUT2D eigenvalue weighted by Crippen LogP contribution is -2.26. The molecule has 2 N–H and O–H groups in total. The summed E-state index contributed by atoms with van der Waals surface area (Å²) in [4.78, 5) is 0. The number of hydrogen-bond acceptors (Lipinski definition) is 2. The minimum absolute atomic E-state index is 0.570. The molecule has 96 valence electrons. The van der Waals surface area contributed by atoms with E-state index >= 15 is 0 Å². The molecular weight excluding hydrogens is 300 g/mol. The van der Waals surface area contributed by atoms with Gasteiger partial charge in [-0.15, -0.1) is 0 Å². The molecular formula is C13H20BrClN2. The van der Waals surface area contributed by atoms with E-state index in [0.29, 0.717) is 6.04 Å². The first-order valence-electron chi connectivity index (χ1n) is 5.97. The Kier molecular flexibility index (Phi) is 7.12. The van der Waals surface area contributed by atoms with Crippen molar-refractivity contribution < 1.29 is 0 Å². The Morgan fingerprint density at radius 1 is 1.29 bits per heavy atom. The first kappa shape index (κ1) is 15.0. The molecule has 0 atom stereocenters. The van der Waals surface area contributed by atoms with Crippen molar-refractivity contribution in [2.45, 2.75) is 32.9 Å². The van der Waals surface area contributed by atoms with Crippen molar-refractivity contribution in [3.63, 3.8) is 0 Å². The summed E-state index contributed by atoms with van der Waals surface area (Å²) < 4.78 is 0.948. The van der Waals surface area contributed by atoms with E-state index in [0.717, 1.165) is 35.6 Å². The van der Waals surface area contributed by atoms with Gasteiger partial charge < -0.3 is 10.6 Å². The average molecular weight is 320 g/mol. The molecule has 0 spiro atoms. The molecule has 1 aromatic carbocycles. The van der Waals surface area contributed by atoms with Crippen molar-refractivity contribution in [2.24, 2.45) is 0 Å². The number of benzene rings is 1. The molecule has 0 aliphatic carbocycles. The van der Waals surface area contributed by atoms with Crippen molar-refractivity contribution in [3.05, 3.63) is 33.3 Å². The number of hydrogen-bond donors (Lipinski definition) is 2. The Morgan fingerprint density at radius 2 is 2.06 bits per heavy atom. The van der Waals surface area contributed by atoms with E-state index in [2.05, 4.69) is 46.5 Å². The monoisotopic (exact) mass is 318 g/mol. The van der Waals surface area contributed by atoms with Gasteiger partial charge in [-0.05, 0) is 53.1 Å². The summed E-state index contributed by atoms with van der Waals surface area (Å²) >= 11 is 9.41. The van der Waals surface area contributed by atoms with Crippen LogP contribution in [0.3, 0.4) is 0 Å². The molecule has 0 fully saturated rings. The minimum atomic E-state index is 0.570. The Bertz CT molecular complexity index is 342. The molecule has 0 amide bonds. The largest absolute Gasteiger partial charge is 0.314 e. The third-order valence-corrected chi connectivity index (χ3v) is 3.63. The minimum Gasteiger partial charge on any atom is -0.314 e. The molecule has 4 heteroatoms. The molecule has 1 aromatic rings. The van der Waals surface area contributed by atoms with Crippen molar-refractivity contribution in [2.75, 3.05) is 13.1 Å². The second-order valence-electron chi connectivity index (χ2n) is 4.39. The van der Waals surface area contributed by atoms with Crippen molar-refractivity contribution >= 4 is 27.5 Å². The van der Waals surface area contributed by atoms with Crippen LogP contribution in [0.4, 0.5) is 0 Å². The summed E-state index contributed by atoms with van der Waals surface area (Å²) in [6, 6.07) is 6.63. The highest BCUT2D eigenvalue weighted by Crippen LogP contribution is 2.22. The van der Waals surface area contributed by atoms with Gasteiger partial charge in [0, 0.05) is 17.1 Å². The lowest BCUT2D eigenvalue weighted by Gasteiger charge is -2.09. The molecule has 0 aliphatic heterocycles. The quantitative estimate of drug-likeness (QED) is 0.751.